The van der Waals surface area contributed by atoms with Crippen LogP contribution in [0.3, 0.4) is 0 Å². The van der Waals surface area contributed by atoms with Crippen molar-refractivity contribution in [2.24, 2.45) is 0 Å². The summed E-state index contributed by atoms with van der Waals surface area (Å²) < 4.78 is 6.84. The Morgan fingerprint density at radius 1 is 1.13 bits per heavy atom. The molecular formula is C12H17NOSe. The van der Waals surface area contributed by atoms with Gasteiger partial charge in [0.15, 0.2) is 0 Å². The average Bonchev–Trinajstić information content (AvgIpc) is 2.32. The van der Waals surface area contributed by atoms with Crippen LogP contribution in [0.25, 0.3) is 0 Å². The van der Waals surface area contributed by atoms with E-state index in [0.717, 1.165) is 26.3 Å². The van der Waals surface area contributed by atoms with E-state index in [1.807, 2.05) is 0 Å². The molecule has 0 aromatic heterocycles. The van der Waals surface area contributed by atoms with Gasteiger partial charge in [-0.15, -0.1) is 0 Å². The molecule has 0 saturated carbocycles. The van der Waals surface area contributed by atoms with Crippen LogP contribution in [0.1, 0.15) is 0 Å². The molecule has 0 amide bonds. The number of morpholine rings is 1. The van der Waals surface area contributed by atoms with Gasteiger partial charge in [-0.25, -0.2) is 0 Å². The predicted molar refractivity (Wildman–Crippen MR) is 63.9 cm³/mol. The van der Waals surface area contributed by atoms with E-state index in [9.17, 15) is 0 Å². The van der Waals surface area contributed by atoms with E-state index < -0.39 is 0 Å². The van der Waals surface area contributed by atoms with Gasteiger partial charge in [-0.3, -0.25) is 0 Å². The standard InChI is InChI=1S/C12H17NOSe/c1-2-4-12(5-3-1)15-11-8-13-6-9-14-10-7-13/h1-5H,6-11H2. The average molecular weight is 270 g/mol. The molecule has 2 nitrogen and oxygen atoms in total. The van der Waals surface area contributed by atoms with Crippen LogP contribution in [-0.2, 0) is 4.74 Å². The van der Waals surface area contributed by atoms with E-state index in [1.165, 1.54) is 16.3 Å². The zero-order valence-electron chi connectivity index (χ0n) is 8.89. The fourth-order valence-corrected chi connectivity index (χ4v) is 3.60. The molecule has 1 aliphatic heterocycles. The van der Waals surface area contributed by atoms with Crippen molar-refractivity contribution >= 4 is 19.4 Å². The van der Waals surface area contributed by atoms with E-state index in [1.54, 1.807) is 0 Å². The maximum atomic E-state index is 5.33. The van der Waals surface area contributed by atoms with Crippen molar-refractivity contribution in [3.63, 3.8) is 0 Å². The topological polar surface area (TPSA) is 12.5 Å². The second kappa shape index (κ2) is 6.29. The maximum absolute atomic E-state index is 5.33. The first-order chi connectivity index (χ1) is 7.45. The summed E-state index contributed by atoms with van der Waals surface area (Å²) in [4.78, 5) is 2.51. The molecular weight excluding hydrogens is 253 g/mol. The van der Waals surface area contributed by atoms with Crippen LogP contribution < -0.4 is 4.46 Å². The Balaban J connectivity index is 1.66. The molecule has 82 valence electrons. The van der Waals surface area contributed by atoms with Gasteiger partial charge in [0.25, 0.3) is 0 Å². The van der Waals surface area contributed by atoms with Crippen molar-refractivity contribution in [3.8, 4) is 0 Å². The Labute approximate surface area is 97.8 Å². The molecule has 3 heteroatoms. The van der Waals surface area contributed by atoms with Crippen molar-refractivity contribution in [1.29, 1.82) is 0 Å². The van der Waals surface area contributed by atoms with E-state index in [2.05, 4.69) is 35.2 Å². The fraction of sp³-hybridized carbons (Fsp3) is 0.500. The molecule has 1 heterocycles. The molecule has 0 unspecified atom stereocenters. The number of rotatable bonds is 4. The van der Waals surface area contributed by atoms with Gasteiger partial charge in [0.2, 0.25) is 0 Å². The number of benzene rings is 1. The van der Waals surface area contributed by atoms with Crippen LogP contribution in [-0.4, -0.2) is 52.7 Å². The Hall–Kier alpha value is -0.341. The van der Waals surface area contributed by atoms with Gasteiger partial charge < -0.3 is 0 Å². The summed E-state index contributed by atoms with van der Waals surface area (Å²) in [6.07, 6.45) is 0. The first-order valence-electron chi connectivity index (χ1n) is 5.43. The van der Waals surface area contributed by atoms with Crippen molar-refractivity contribution in [1.82, 2.24) is 4.90 Å². The third-order valence-electron chi connectivity index (χ3n) is 2.52. The van der Waals surface area contributed by atoms with E-state index in [4.69, 9.17) is 4.74 Å². The Morgan fingerprint density at radius 3 is 2.60 bits per heavy atom. The number of nitrogens with zero attached hydrogens (tertiary/aromatic N) is 1. The number of hydrogen-bond acceptors (Lipinski definition) is 2. The van der Waals surface area contributed by atoms with Gasteiger partial charge in [0, 0.05) is 0 Å². The summed E-state index contributed by atoms with van der Waals surface area (Å²) in [7, 11) is 0. The summed E-state index contributed by atoms with van der Waals surface area (Å²) >= 11 is 0.638. The fourth-order valence-electron chi connectivity index (χ4n) is 1.63. The quantitative estimate of drug-likeness (QED) is 0.749. The molecule has 1 aliphatic rings. The monoisotopic (exact) mass is 271 g/mol. The third-order valence-corrected chi connectivity index (χ3v) is 4.60. The van der Waals surface area contributed by atoms with Crippen LogP contribution in [0.5, 0.6) is 0 Å². The minimum atomic E-state index is 0.638. The summed E-state index contributed by atoms with van der Waals surface area (Å²) in [5.74, 6) is 0. The van der Waals surface area contributed by atoms with E-state index in [-0.39, 0.29) is 0 Å². The van der Waals surface area contributed by atoms with Crippen LogP contribution in [0.2, 0.25) is 5.32 Å². The van der Waals surface area contributed by atoms with Gasteiger partial charge in [-0.2, -0.15) is 0 Å². The summed E-state index contributed by atoms with van der Waals surface area (Å²) in [5.41, 5.74) is 0. The summed E-state index contributed by atoms with van der Waals surface area (Å²) in [6, 6.07) is 10.8. The summed E-state index contributed by atoms with van der Waals surface area (Å²) in [5, 5.41) is 1.32. The second-order valence-electron chi connectivity index (χ2n) is 3.62. The van der Waals surface area contributed by atoms with Crippen molar-refractivity contribution < 1.29 is 4.74 Å². The zero-order chi connectivity index (χ0) is 10.3. The summed E-state index contributed by atoms with van der Waals surface area (Å²) in [6.45, 7) is 5.30. The Kier molecular flexibility index (Phi) is 4.68. The van der Waals surface area contributed by atoms with Crippen LogP contribution in [0.4, 0.5) is 0 Å². The molecule has 1 fully saturated rings. The molecule has 0 aliphatic carbocycles. The predicted octanol–water partition coefficient (Wildman–Crippen LogP) is 0.767. The number of ether oxygens (including phenoxy) is 1. The van der Waals surface area contributed by atoms with Gasteiger partial charge in [-0.05, 0) is 0 Å². The third kappa shape index (κ3) is 3.96. The van der Waals surface area contributed by atoms with Crippen LogP contribution in [0, 0.1) is 0 Å². The Bertz CT molecular complexity index is 272. The molecule has 1 aromatic carbocycles. The first-order valence-corrected chi connectivity index (χ1v) is 7.50. The SMILES string of the molecule is c1ccc([Se]CCN2CCOCC2)cc1. The minimum absolute atomic E-state index is 0.638. The van der Waals surface area contributed by atoms with E-state index in [0.29, 0.717) is 15.0 Å². The molecule has 1 aromatic rings. The Morgan fingerprint density at radius 2 is 1.87 bits per heavy atom. The van der Waals surface area contributed by atoms with Crippen LogP contribution >= 0.6 is 0 Å². The molecule has 0 bridgehead atoms. The van der Waals surface area contributed by atoms with Crippen molar-refractivity contribution in [2.75, 3.05) is 32.8 Å². The second-order valence-corrected chi connectivity index (χ2v) is 6.07. The normalized spacial score (nSPS) is 17.9. The number of hydrogen-bond donors (Lipinski definition) is 0. The van der Waals surface area contributed by atoms with E-state index >= 15 is 0 Å². The molecule has 2 rings (SSSR count). The zero-order valence-corrected chi connectivity index (χ0v) is 10.6. The van der Waals surface area contributed by atoms with Gasteiger partial charge in [-0.1, -0.05) is 0 Å². The van der Waals surface area contributed by atoms with Crippen molar-refractivity contribution in [2.45, 2.75) is 5.32 Å². The molecule has 0 spiro atoms. The van der Waals surface area contributed by atoms with Gasteiger partial charge in [0.1, 0.15) is 0 Å². The molecule has 0 radical (unpaired) electrons. The van der Waals surface area contributed by atoms with Gasteiger partial charge in [0.05, 0.1) is 0 Å². The molecule has 15 heavy (non-hydrogen) atoms. The molecule has 0 N–H and O–H groups in total. The van der Waals surface area contributed by atoms with Crippen LogP contribution in [0.15, 0.2) is 30.3 Å². The molecule has 0 atom stereocenters. The molecule has 1 saturated heterocycles. The van der Waals surface area contributed by atoms with Gasteiger partial charge >= 0.3 is 97.6 Å². The first kappa shape index (κ1) is 11.2. The van der Waals surface area contributed by atoms with Crippen molar-refractivity contribution in [3.05, 3.63) is 30.3 Å².